The summed E-state index contributed by atoms with van der Waals surface area (Å²) in [6.07, 6.45) is 0. The molecule has 0 spiro atoms. The molecule has 3 aromatic rings. The average molecular weight is 442 g/mol. The Morgan fingerprint density at radius 1 is 0.900 bits per heavy atom. The zero-order chi connectivity index (χ0) is 21.5. The fourth-order valence-corrected chi connectivity index (χ4v) is 3.33. The summed E-state index contributed by atoms with van der Waals surface area (Å²) in [4.78, 5) is 24.3. The number of benzene rings is 3. The van der Waals surface area contributed by atoms with Crippen molar-refractivity contribution in [1.29, 1.82) is 0 Å². The second-order valence-electron chi connectivity index (χ2n) is 6.68. The van der Waals surface area contributed by atoms with Gasteiger partial charge in [0, 0.05) is 11.7 Å². The van der Waals surface area contributed by atoms with Crippen LogP contribution in [0.25, 0.3) is 0 Å². The molecule has 0 fully saturated rings. The zero-order valence-corrected chi connectivity index (χ0v) is 17.8. The van der Waals surface area contributed by atoms with Gasteiger partial charge in [0.05, 0.1) is 27.8 Å². The maximum Gasteiger partial charge on any atom is 0.253 e. The fraction of sp³-hybridized carbons (Fsp3) is 0.130. The van der Waals surface area contributed by atoms with Crippen LogP contribution >= 0.6 is 23.2 Å². The highest BCUT2D eigenvalue weighted by atomic mass is 35.5. The first-order valence-electron chi connectivity index (χ1n) is 9.37. The van der Waals surface area contributed by atoms with Gasteiger partial charge in [0.15, 0.2) is 0 Å². The van der Waals surface area contributed by atoms with Crippen LogP contribution in [0.5, 0.6) is 0 Å². The van der Waals surface area contributed by atoms with Crippen molar-refractivity contribution in [3.63, 3.8) is 0 Å². The van der Waals surface area contributed by atoms with Gasteiger partial charge in [0.2, 0.25) is 5.91 Å². The Morgan fingerprint density at radius 2 is 1.60 bits per heavy atom. The van der Waals surface area contributed by atoms with Crippen LogP contribution in [0.2, 0.25) is 10.0 Å². The molecule has 0 radical (unpaired) electrons. The predicted molar refractivity (Wildman–Crippen MR) is 122 cm³/mol. The average Bonchev–Trinajstić information content (AvgIpc) is 2.75. The van der Waals surface area contributed by atoms with E-state index >= 15 is 0 Å². The molecular formula is C23H21Cl2N3O2. The number of carbonyl (C=O) groups is 2. The molecule has 30 heavy (non-hydrogen) atoms. The van der Waals surface area contributed by atoms with Crippen molar-refractivity contribution in [1.82, 2.24) is 5.32 Å². The molecule has 0 saturated heterocycles. The summed E-state index contributed by atoms with van der Waals surface area (Å²) < 4.78 is 0. The Labute approximate surface area is 185 Å². The number of hydrogen-bond acceptors (Lipinski definition) is 3. The van der Waals surface area contributed by atoms with E-state index in [1.165, 1.54) is 0 Å². The van der Waals surface area contributed by atoms with E-state index in [0.717, 1.165) is 11.3 Å². The molecule has 2 amide bonds. The monoisotopic (exact) mass is 441 g/mol. The van der Waals surface area contributed by atoms with Gasteiger partial charge in [-0.2, -0.15) is 0 Å². The summed E-state index contributed by atoms with van der Waals surface area (Å²) in [5.74, 6) is -0.784. The molecule has 1 unspecified atom stereocenters. The van der Waals surface area contributed by atoms with Gasteiger partial charge in [-0.05, 0) is 42.8 Å². The third-order valence-electron chi connectivity index (χ3n) is 4.45. The normalized spacial score (nSPS) is 11.4. The summed E-state index contributed by atoms with van der Waals surface area (Å²) >= 11 is 12.4. The van der Waals surface area contributed by atoms with Crippen LogP contribution in [0.4, 0.5) is 11.4 Å². The topological polar surface area (TPSA) is 70.2 Å². The van der Waals surface area contributed by atoms with Crippen LogP contribution in [-0.2, 0) is 4.79 Å². The van der Waals surface area contributed by atoms with Crippen LogP contribution in [0.1, 0.15) is 28.9 Å². The Bertz CT molecular complexity index is 1040. The maximum atomic E-state index is 12.2. The largest absolute Gasteiger partial charge is 0.377 e. The summed E-state index contributed by atoms with van der Waals surface area (Å²) in [7, 11) is 0. The minimum atomic E-state index is -0.414. The lowest BCUT2D eigenvalue weighted by Gasteiger charge is -2.17. The molecule has 0 bridgehead atoms. The smallest absolute Gasteiger partial charge is 0.253 e. The lowest BCUT2D eigenvalue weighted by atomic mass is 10.1. The molecule has 5 nitrogen and oxygen atoms in total. The van der Waals surface area contributed by atoms with E-state index in [4.69, 9.17) is 23.2 Å². The molecule has 0 aliphatic carbocycles. The number of rotatable bonds is 7. The third-order valence-corrected chi connectivity index (χ3v) is 5.09. The zero-order valence-electron chi connectivity index (χ0n) is 16.3. The number of amides is 2. The van der Waals surface area contributed by atoms with Gasteiger partial charge < -0.3 is 16.0 Å². The van der Waals surface area contributed by atoms with Crippen molar-refractivity contribution < 1.29 is 9.59 Å². The third kappa shape index (κ3) is 5.75. The Kier molecular flexibility index (Phi) is 7.33. The first kappa shape index (κ1) is 21.7. The molecule has 0 aliphatic rings. The van der Waals surface area contributed by atoms with E-state index in [1.807, 2.05) is 37.3 Å². The van der Waals surface area contributed by atoms with Gasteiger partial charge in [-0.1, -0.05) is 65.7 Å². The molecule has 0 heterocycles. The molecule has 3 N–H and O–H groups in total. The first-order valence-corrected chi connectivity index (χ1v) is 10.1. The molecular weight excluding hydrogens is 421 g/mol. The van der Waals surface area contributed by atoms with Crippen molar-refractivity contribution in [2.24, 2.45) is 0 Å². The van der Waals surface area contributed by atoms with Crippen molar-refractivity contribution in [2.45, 2.75) is 13.0 Å². The van der Waals surface area contributed by atoms with Crippen molar-refractivity contribution in [3.8, 4) is 0 Å². The Balaban J connectivity index is 1.55. The van der Waals surface area contributed by atoms with E-state index in [9.17, 15) is 9.59 Å². The Morgan fingerprint density at radius 3 is 2.30 bits per heavy atom. The molecule has 1 atom stereocenters. The van der Waals surface area contributed by atoms with Crippen molar-refractivity contribution in [3.05, 3.63) is 94.0 Å². The number of halogens is 2. The van der Waals surface area contributed by atoms with Gasteiger partial charge in [-0.25, -0.2) is 0 Å². The lowest BCUT2D eigenvalue weighted by molar-refractivity contribution is -0.115. The summed E-state index contributed by atoms with van der Waals surface area (Å²) in [5, 5.41) is 9.43. The molecule has 3 rings (SSSR count). The lowest BCUT2D eigenvalue weighted by Crippen LogP contribution is -2.33. The van der Waals surface area contributed by atoms with Gasteiger partial charge in [0.25, 0.3) is 5.91 Å². The van der Waals surface area contributed by atoms with E-state index in [-0.39, 0.29) is 18.5 Å². The highest BCUT2D eigenvalue weighted by molar-refractivity contribution is 6.34. The number of hydrogen-bond donors (Lipinski definition) is 3. The number of carbonyl (C=O) groups excluding carboxylic acids is 2. The highest BCUT2D eigenvalue weighted by Gasteiger charge is 2.12. The minimum absolute atomic E-state index is 0.0733. The first-order chi connectivity index (χ1) is 14.4. The quantitative estimate of drug-likeness (QED) is 0.450. The summed E-state index contributed by atoms with van der Waals surface area (Å²) in [6.45, 7) is 1.86. The predicted octanol–water partition coefficient (Wildman–Crippen LogP) is 5.54. The van der Waals surface area contributed by atoms with Crippen LogP contribution in [0.15, 0.2) is 72.8 Å². The number of nitrogens with one attached hydrogen (secondary N) is 3. The van der Waals surface area contributed by atoms with E-state index in [1.54, 1.807) is 42.5 Å². The van der Waals surface area contributed by atoms with Crippen molar-refractivity contribution >= 4 is 46.4 Å². The second-order valence-corrected chi connectivity index (χ2v) is 7.50. The fourth-order valence-electron chi connectivity index (χ4n) is 2.87. The SMILES string of the molecule is CC(Nc1ccc(NC(=O)CNC(=O)c2ccccc2Cl)cc1Cl)c1ccccc1. The molecule has 0 saturated carbocycles. The van der Waals surface area contributed by atoms with E-state index < -0.39 is 5.91 Å². The molecule has 154 valence electrons. The van der Waals surface area contributed by atoms with Gasteiger partial charge in [-0.15, -0.1) is 0 Å². The molecule has 0 aliphatic heterocycles. The molecule has 3 aromatic carbocycles. The van der Waals surface area contributed by atoms with Gasteiger partial charge in [0.1, 0.15) is 0 Å². The van der Waals surface area contributed by atoms with Crippen LogP contribution in [0.3, 0.4) is 0 Å². The van der Waals surface area contributed by atoms with E-state index in [2.05, 4.69) is 16.0 Å². The molecule has 7 heteroatoms. The van der Waals surface area contributed by atoms with Crippen LogP contribution in [0, 0.1) is 0 Å². The molecule has 0 aromatic heterocycles. The standard InChI is InChI=1S/C23H21Cl2N3O2/c1-15(16-7-3-2-4-8-16)27-21-12-11-17(13-20(21)25)28-22(29)14-26-23(30)18-9-5-6-10-19(18)24/h2-13,15,27H,14H2,1H3,(H,26,30)(H,28,29). The second kappa shape index (κ2) is 10.1. The van der Waals surface area contributed by atoms with Crippen LogP contribution < -0.4 is 16.0 Å². The van der Waals surface area contributed by atoms with E-state index in [0.29, 0.717) is 21.3 Å². The van der Waals surface area contributed by atoms with Crippen molar-refractivity contribution in [2.75, 3.05) is 17.2 Å². The Hall–Kier alpha value is -3.02. The van der Waals surface area contributed by atoms with Gasteiger partial charge in [-0.3, -0.25) is 9.59 Å². The minimum Gasteiger partial charge on any atom is -0.377 e. The summed E-state index contributed by atoms with van der Waals surface area (Å²) in [5.41, 5.74) is 2.76. The van der Waals surface area contributed by atoms with Crippen LogP contribution in [-0.4, -0.2) is 18.4 Å². The van der Waals surface area contributed by atoms with Gasteiger partial charge >= 0.3 is 0 Å². The highest BCUT2D eigenvalue weighted by Crippen LogP contribution is 2.29. The number of anilines is 2. The maximum absolute atomic E-state index is 12.2. The summed E-state index contributed by atoms with van der Waals surface area (Å²) in [6, 6.07) is 22.0.